The molecule has 15 heavy (non-hydrogen) atoms. The summed E-state index contributed by atoms with van der Waals surface area (Å²) in [6.45, 7) is 0. The van der Waals surface area contributed by atoms with Crippen LogP contribution < -0.4 is 25.9 Å². The second-order valence-electron chi connectivity index (χ2n) is 3.00. The Morgan fingerprint density at radius 1 is 1.27 bits per heavy atom. The van der Waals surface area contributed by atoms with E-state index in [1.807, 2.05) is 30.4 Å². The predicted octanol–water partition coefficient (Wildman–Crippen LogP) is -0.518. The maximum atomic E-state index is 11.5. The number of carbonyl (C=O) groups is 1. The van der Waals surface area contributed by atoms with E-state index in [1.54, 1.807) is 12.1 Å². The Kier molecular flexibility index (Phi) is 3.55. The summed E-state index contributed by atoms with van der Waals surface area (Å²) >= 11 is -0.0538. The summed E-state index contributed by atoms with van der Waals surface area (Å²) in [4.78, 5) is 11.5. The van der Waals surface area contributed by atoms with Gasteiger partial charge in [-0.15, -0.1) is 0 Å². The molecule has 1 aromatic rings. The van der Waals surface area contributed by atoms with Crippen LogP contribution in [0.25, 0.3) is 0 Å². The molecule has 1 heterocycles. The standard InChI is InChI=1S/C12H10IO2/c14-12(9-10-5-4-8-13-10)15-11-6-2-1-3-7-11/h1-8H,9H2/q-1. The molecular weight excluding hydrogens is 303 g/mol. The molecule has 0 saturated carbocycles. The van der Waals surface area contributed by atoms with Crippen LogP contribution in [0, 0.1) is 0 Å². The van der Waals surface area contributed by atoms with Crippen molar-refractivity contribution < 1.29 is 30.7 Å². The van der Waals surface area contributed by atoms with Crippen LogP contribution in [-0.4, -0.2) is 5.97 Å². The van der Waals surface area contributed by atoms with Gasteiger partial charge in [0.2, 0.25) is 0 Å². The number of hydrogen-bond donors (Lipinski definition) is 0. The Labute approximate surface area is 98.9 Å². The molecule has 0 spiro atoms. The third-order valence-electron chi connectivity index (χ3n) is 1.84. The zero-order valence-corrected chi connectivity index (χ0v) is 10.2. The van der Waals surface area contributed by atoms with Crippen molar-refractivity contribution in [3.05, 3.63) is 50.1 Å². The predicted molar refractivity (Wildman–Crippen MR) is 53.9 cm³/mol. The van der Waals surface area contributed by atoms with E-state index in [2.05, 4.69) is 4.08 Å². The molecule has 1 aliphatic heterocycles. The van der Waals surface area contributed by atoms with Crippen LogP contribution in [0.15, 0.2) is 50.1 Å². The van der Waals surface area contributed by atoms with Gasteiger partial charge < -0.3 is 0 Å². The second-order valence-corrected chi connectivity index (χ2v) is 5.73. The monoisotopic (exact) mass is 313 g/mol. The second kappa shape index (κ2) is 5.11. The van der Waals surface area contributed by atoms with E-state index in [9.17, 15) is 4.79 Å². The minimum absolute atomic E-state index is 0.0538. The van der Waals surface area contributed by atoms with Gasteiger partial charge in [-0.25, -0.2) is 0 Å². The number of para-hydroxylation sites is 1. The molecule has 2 rings (SSSR count). The molecule has 3 heteroatoms. The van der Waals surface area contributed by atoms with Crippen LogP contribution in [0.2, 0.25) is 0 Å². The van der Waals surface area contributed by atoms with E-state index in [0.717, 1.165) is 0 Å². The first-order valence-corrected chi connectivity index (χ1v) is 6.92. The number of hydrogen-bond acceptors (Lipinski definition) is 2. The van der Waals surface area contributed by atoms with Crippen molar-refractivity contribution in [2.24, 2.45) is 0 Å². The van der Waals surface area contributed by atoms with E-state index in [-0.39, 0.29) is 27.2 Å². The van der Waals surface area contributed by atoms with E-state index in [4.69, 9.17) is 4.74 Å². The molecule has 0 bridgehead atoms. The van der Waals surface area contributed by atoms with Crippen LogP contribution in [0.1, 0.15) is 6.42 Å². The van der Waals surface area contributed by atoms with Gasteiger partial charge in [0, 0.05) is 0 Å². The molecular formula is C12H10IO2-. The molecule has 0 aromatic heterocycles. The van der Waals surface area contributed by atoms with Crippen LogP contribution in [0.4, 0.5) is 0 Å². The Balaban J connectivity index is 1.88. The van der Waals surface area contributed by atoms with Gasteiger partial charge >= 0.3 is 99.0 Å². The van der Waals surface area contributed by atoms with Crippen molar-refractivity contribution in [3.63, 3.8) is 0 Å². The van der Waals surface area contributed by atoms with Crippen LogP contribution in [-0.2, 0) is 4.79 Å². The van der Waals surface area contributed by atoms with E-state index >= 15 is 0 Å². The molecule has 1 aliphatic rings. The molecule has 0 unspecified atom stereocenters. The van der Waals surface area contributed by atoms with Crippen LogP contribution >= 0.6 is 0 Å². The molecule has 2 nitrogen and oxygen atoms in total. The number of carbonyl (C=O) groups excluding carboxylic acids is 1. The van der Waals surface area contributed by atoms with Gasteiger partial charge in [0.1, 0.15) is 0 Å². The molecule has 0 radical (unpaired) electrons. The molecule has 78 valence electrons. The first kappa shape index (κ1) is 10.4. The Morgan fingerprint density at radius 2 is 2.07 bits per heavy atom. The molecule has 1 aromatic carbocycles. The quantitative estimate of drug-likeness (QED) is 0.427. The fourth-order valence-corrected chi connectivity index (χ4v) is 3.01. The van der Waals surface area contributed by atoms with Crippen molar-refractivity contribution >= 4 is 5.97 Å². The average molecular weight is 313 g/mol. The number of benzene rings is 1. The third-order valence-corrected chi connectivity index (χ3v) is 4.16. The van der Waals surface area contributed by atoms with Gasteiger partial charge in [0.05, 0.1) is 0 Å². The first-order valence-electron chi connectivity index (χ1n) is 4.59. The Hall–Kier alpha value is -1.10. The minimum atomic E-state index is -0.171. The Morgan fingerprint density at radius 3 is 2.73 bits per heavy atom. The normalized spacial score (nSPS) is 14.3. The summed E-state index contributed by atoms with van der Waals surface area (Å²) in [5, 5.41) is 0. The third kappa shape index (κ3) is 3.20. The summed E-state index contributed by atoms with van der Waals surface area (Å²) in [7, 11) is 0. The Bertz CT molecular complexity index is 407. The summed E-state index contributed by atoms with van der Waals surface area (Å²) in [5.74, 6) is 0.447. The van der Waals surface area contributed by atoms with E-state index in [1.165, 1.54) is 3.58 Å². The van der Waals surface area contributed by atoms with Crippen molar-refractivity contribution in [2.45, 2.75) is 6.42 Å². The topological polar surface area (TPSA) is 26.3 Å². The average Bonchev–Trinajstić information content (AvgIpc) is 2.71. The molecule has 0 amide bonds. The number of halogens is 1. The first-order chi connectivity index (χ1) is 7.34. The molecule has 0 N–H and O–H groups in total. The van der Waals surface area contributed by atoms with Gasteiger partial charge in [-0.3, -0.25) is 0 Å². The molecule has 0 atom stereocenters. The SMILES string of the molecule is O=C(CC1=CC=C[I-]1)Oc1ccccc1. The van der Waals surface area contributed by atoms with Crippen LogP contribution in [0.3, 0.4) is 0 Å². The summed E-state index contributed by atoms with van der Waals surface area (Å²) in [6, 6.07) is 9.17. The zero-order chi connectivity index (χ0) is 10.5. The molecule has 0 aliphatic carbocycles. The number of ether oxygens (including phenoxy) is 1. The van der Waals surface area contributed by atoms with E-state index < -0.39 is 0 Å². The summed E-state index contributed by atoms with van der Waals surface area (Å²) in [5.41, 5.74) is 0. The number of allylic oxidation sites excluding steroid dienone is 2. The van der Waals surface area contributed by atoms with Gasteiger partial charge in [-0.2, -0.15) is 0 Å². The van der Waals surface area contributed by atoms with Crippen molar-refractivity contribution in [1.82, 2.24) is 0 Å². The van der Waals surface area contributed by atoms with Crippen molar-refractivity contribution in [2.75, 3.05) is 0 Å². The zero-order valence-electron chi connectivity index (χ0n) is 8.02. The fraction of sp³-hybridized carbons (Fsp3) is 0.0833. The van der Waals surface area contributed by atoms with Gasteiger partial charge in [-0.05, 0) is 0 Å². The summed E-state index contributed by atoms with van der Waals surface area (Å²) < 4.78 is 8.55. The number of rotatable bonds is 3. The fourth-order valence-electron chi connectivity index (χ4n) is 1.19. The van der Waals surface area contributed by atoms with E-state index in [0.29, 0.717) is 12.2 Å². The molecule has 0 saturated heterocycles. The van der Waals surface area contributed by atoms with Crippen molar-refractivity contribution in [1.29, 1.82) is 0 Å². The molecule has 0 fully saturated rings. The van der Waals surface area contributed by atoms with Crippen LogP contribution in [0.5, 0.6) is 5.75 Å². The van der Waals surface area contributed by atoms with Gasteiger partial charge in [0.25, 0.3) is 0 Å². The number of esters is 1. The van der Waals surface area contributed by atoms with Crippen molar-refractivity contribution in [3.8, 4) is 5.75 Å². The van der Waals surface area contributed by atoms with Gasteiger partial charge in [-0.1, -0.05) is 0 Å². The maximum absolute atomic E-state index is 11.5. The summed E-state index contributed by atoms with van der Waals surface area (Å²) in [6.07, 6.45) is 4.45. The van der Waals surface area contributed by atoms with Gasteiger partial charge in [0.15, 0.2) is 0 Å².